The molecular weight excluding hydrogens is 294 g/mol. The number of rotatable bonds is 6. The first-order valence-electron chi connectivity index (χ1n) is 6.83. The number of hydrogen-bond acceptors (Lipinski definition) is 4. The maximum Gasteiger partial charge on any atom is 0.326 e. The maximum atomic E-state index is 12.2. The molecule has 6 nitrogen and oxygen atoms in total. The molecule has 0 aromatic heterocycles. The largest absolute Gasteiger partial charge is 0.480 e. The molecule has 1 unspecified atom stereocenters. The summed E-state index contributed by atoms with van der Waals surface area (Å²) in [6, 6.07) is 7.04. The summed E-state index contributed by atoms with van der Waals surface area (Å²) in [6.45, 7) is 1.11. The van der Waals surface area contributed by atoms with E-state index in [-0.39, 0.29) is 11.7 Å². The molecule has 1 saturated heterocycles. The van der Waals surface area contributed by atoms with E-state index < -0.39 is 22.0 Å². The van der Waals surface area contributed by atoms with Crippen LogP contribution in [0.2, 0.25) is 0 Å². The molecule has 1 aliphatic rings. The molecule has 0 saturated carbocycles. The molecule has 0 amide bonds. The second-order valence-corrected chi connectivity index (χ2v) is 6.94. The molecule has 0 aliphatic carbocycles. The highest BCUT2D eigenvalue weighted by Crippen LogP contribution is 2.19. The third-order valence-corrected chi connectivity index (χ3v) is 4.98. The van der Waals surface area contributed by atoms with Crippen LogP contribution in [-0.2, 0) is 19.6 Å². The van der Waals surface area contributed by atoms with Crippen molar-refractivity contribution in [3.63, 3.8) is 0 Å². The number of ether oxygens (including phenoxy) is 1. The van der Waals surface area contributed by atoms with Gasteiger partial charge in [0.2, 0.25) is 10.0 Å². The topological polar surface area (TPSA) is 92.7 Å². The molecule has 21 heavy (non-hydrogen) atoms. The molecule has 2 rings (SSSR count). The molecule has 1 heterocycles. The number of carbonyl (C=O) groups is 1. The van der Waals surface area contributed by atoms with Gasteiger partial charge >= 0.3 is 5.97 Å². The molecule has 0 radical (unpaired) electrons. The zero-order valence-corrected chi connectivity index (χ0v) is 12.4. The Morgan fingerprint density at radius 3 is 2.48 bits per heavy atom. The first-order valence-corrected chi connectivity index (χ1v) is 8.48. The average molecular weight is 313 g/mol. The Morgan fingerprint density at radius 2 is 1.90 bits per heavy atom. The van der Waals surface area contributed by atoms with E-state index in [0.717, 1.165) is 0 Å². The zero-order chi connectivity index (χ0) is 15.3. The number of carboxylic acid groups (broad SMARTS) is 1. The predicted molar refractivity (Wildman–Crippen MR) is 77.3 cm³/mol. The first kappa shape index (κ1) is 15.9. The minimum Gasteiger partial charge on any atom is -0.480 e. The van der Waals surface area contributed by atoms with E-state index in [1.807, 2.05) is 0 Å². The average Bonchev–Trinajstić information content (AvgIpc) is 2.46. The highest BCUT2D eigenvalue weighted by Gasteiger charge is 2.28. The number of aliphatic carboxylic acids is 1. The highest BCUT2D eigenvalue weighted by atomic mass is 32.2. The van der Waals surface area contributed by atoms with Gasteiger partial charge in [0.1, 0.15) is 6.04 Å². The lowest BCUT2D eigenvalue weighted by atomic mass is 10.0. The lowest BCUT2D eigenvalue weighted by Crippen LogP contribution is -2.37. The normalized spacial score (nSPS) is 18.3. The van der Waals surface area contributed by atoms with E-state index in [4.69, 9.17) is 4.74 Å². The molecule has 0 spiro atoms. The van der Waals surface area contributed by atoms with Crippen molar-refractivity contribution in [2.75, 3.05) is 19.0 Å². The van der Waals surface area contributed by atoms with Crippen molar-refractivity contribution >= 4 is 16.0 Å². The fourth-order valence-electron chi connectivity index (χ4n) is 2.36. The molecule has 0 bridgehead atoms. The minimum atomic E-state index is -3.66. The maximum absolute atomic E-state index is 12.2. The fraction of sp³-hybridized carbons (Fsp3) is 0.500. The van der Waals surface area contributed by atoms with Crippen LogP contribution in [0.4, 0.5) is 0 Å². The van der Waals surface area contributed by atoms with Crippen molar-refractivity contribution in [3.05, 3.63) is 35.9 Å². The number of nitrogens with one attached hydrogen (secondary N) is 1. The lowest BCUT2D eigenvalue weighted by molar-refractivity contribution is -0.139. The minimum absolute atomic E-state index is 0.0152. The summed E-state index contributed by atoms with van der Waals surface area (Å²) in [6.07, 6.45) is 1.37. The van der Waals surface area contributed by atoms with Crippen LogP contribution in [0.15, 0.2) is 30.3 Å². The molecule has 1 aromatic carbocycles. The van der Waals surface area contributed by atoms with Crippen molar-refractivity contribution < 1.29 is 23.1 Å². The van der Waals surface area contributed by atoms with Crippen molar-refractivity contribution in [1.82, 2.24) is 4.72 Å². The molecule has 1 aliphatic heterocycles. The third-order valence-electron chi connectivity index (χ3n) is 3.47. The second kappa shape index (κ2) is 7.02. The van der Waals surface area contributed by atoms with E-state index in [1.165, 1.54) is 0 Å². The Bertz CT molecular complexity index is 566. The number of carboxylic acids is 1. The van der Waals surface area contributed by atoms with E-state index in [0.29, 0.717) is 31.6 Å². The molecule has 116 valence electrons. The Balaban J connectivity index is 2.07. The van der Waals surface area contributed by atoms with Gasteiger partial charge in [0.05, 0.1) is 5.75 Å². The Kier molecular flexibility index (Phi) is 5.33. The molecular formula is C14H19NO5S. The highest BCUT2D eigenvalue weighted by molar-refractivity contribution is 7.89. The van der Waals surface area contributed by atoms with Gasteiger partial charge in [-0.3, -0.25) is 4.79 Å². The second-order valence-electron chi connectivity index (χ2n) is 5.14. The summed E-state index contributed by atoms with van der Waals surface area (Å²) < 4.78 is 31.8. The number of benzene rings is 1. The van der Waals surface area contributed by atoms with Crippen molar-refractivity contribution in [1.29, 1.82) is 0 Å². The monoisotopic (exact) mass is 313 g/mol. The molecule has 1 atom stereocenters. The molecule has 7 heteroatoms. The summed E-state index contributed by atoms with van der Waals surface area (Å²) in [5, 5.41) is 9.25. The van der Waals surface area contributed by atoms with Crippen LogP contribution in [0.1, 0.15) is 24.4 Å². The lowest BCUT2D eigenvalue weighted by Gasteiger charge is -2.23. The Morgan fingerprint density at radius 1 is 1.29 bits per heavy atom. The van der Waals surface area contributed by atoms with Crippen LogP contribution in [0.3, 0.4) is 0 Å². The van der Waals surface area contributed by atoms with Gasteiger partial charge in [-0.25, -0.2) is 8.42 Å². The van der Waals surface area contributed by atoms with Gasteiger partial charge in [-0.2, -0.15) is 4.72 Å². The summed E-state index contributed by atoms with van der Waals surface area (Å²) in [7, 11) is -3.66. The summed E-state index contributed by atoms with van der Waals surface area (Å²) in [4.78, 5) is 11.3. The standard InChI is InChI=1S/C14H19NO5S/c16-14(17)13(12-4-2-1-3-5-12)15-21(18,19)10-11-6-8-20-9-7-11/h1-5,11,13,15H,6-10H2,(H,16,17). The van der Waals surface area contributed by atoms with Gasteiger partial charge in [0.25, 0.3) is 0 Å². The molecule has 2 N–H and O–H groups in total. The summed E-state index contributed by atoms with van der Waals surface area (Å²) in [5.41, 5.74) is 0.417. The summed E-state index contributed by atoms with van der Waals surface area (Å²) in [5.74, 6) is -1.26. The van der Waals surface area contributed by atoms with E-state index in [1.54, 1.807) is 30.3 Å². The number of sulfonamides is 1. The molecule has 1 fully saturated rings. The third kappa shape index (κ3) is 4.80. The van der Waals surface area contributed by atoms with Crippen LogP contribution in [0, 0.1) is 5.92 Å². The van der Waals surface area contributed by atoms with Gasteiger partial charge < -0.3 is 9.84 Å². The van der Waals surface area contributed by atoms with Gasteiger partial charge in [-0.1, -0.05) is 30.3 Å². The van der Waals surface area contributed by atoms with Gasteiger partial charge in [-0.15, -0.1) is 0 Å². The van der Waals surface area contributed by atoms with Crippen LogP contribution in [0.5, 0.6) is 0 Å². The Labute approximate surface area is 124 Å². The van der Waals surface area contributed by atoms with E-state index in [9.17, 15) is 18.3 Å². The van der Waals surface area contributed by atoms with Crippen LogP contribution in [-0.4, -0.2) is 38.5 Å². The van der Waals surface area contributed by atoms with Gasteiger partial charge in [0.15, 0.2) is 0 Å². The fourth-order valence-corrected chi connectivity index (χ4v) is 4.00. The van der Waals surface area contributed by atoms with Gasteiger partial charge in [0, 0.05) is 13.2 Å². The van der Waals surface area contributed by atoms with Crippen molar-refractivity contribution in [3.8, 4) is 0 Å². The van der Waals surface area contributed by atoms with Crippen LogP contribution >= 0.6 is 0 Å². The SMILES string of the molecule is O=C(O)C(NS(=O)(=O)CC1CCOCC1)c1ccccc1. The smallest absolute Gasteiger partial charge is 0.326 e. The zero-order valence-electron chi connectivity index (χ0n) is 11.6. The van der Waals surface area contributed by atoms with Gasteiger partial charge in [-0.05, 0) is 24.3 Å². The van der Waals surface area contributed by atoms with Crippen LogP contribution < -0.4 is 4.72 Å². The van der Waals surface area contributed by atoms with Crippen LogP contribution in [0.25, 0.3) is 0 Å². The van der Waals surface area contributed by atoms with E-state index in [2.05, 4.69) is 4.72 Å². The Hall–Kier alpha value is -1.44. The summed E-state index contributed by atoms with van der Waals surface area (Å²) >= 11 is 0. The van der Waals surface area contributed by atoms with Crippen molar-refractivity contribution in [2.24, 2.45) is 5.92 Å². The van der Waals surface area contributed by atoms with Crippen molar-refractivity contribution in [2.45, 2.75) is 18.9 Å². The first-order chi connectivity index (χ1) is 9.98. The molecule has 1 aromatic rings. The predicted octanol–water partition coefficient (Wildman–Crippen LogP) is 1.16. The van der Waals surface area contributed by atoms with E-state index >= 15 is 0 Å². The number of hydrogen-bond donors (Lipinski definition) is 2. The quantitative estimate of drug-likeness (QED) is 0.822.